The molecule has 11 heteroatoms. The number of pyridine rings is 1. The molecule has 0 spiro atoms. The van der Waals surface area contributed by atoms with Crippen LogP contribution in [0.15, 0.2) is 61.4 Å². The number of hydrogen-bond acceptors (Lipinski definition) is 8. The molecule has 4 rings (SSSR count). The Morgan fingerprint density at radius 1 is 1.00 bits per heavy atom. The molecule has 158 valence electrons. The second-order valence-electron chi connectivity index (χ2n) is 6.41. The largest absolute Gasteiger partial charge is 0.761 e. The highest BCUT2D eigenvalue weighted by molar-refractivity contribution is 5.70. The molecule has 0 radical (unpaired) electrons. The molecule has 1 aromatic carbocycles. The van der Waals surface area contributed by atoms with Crippen molar-refractivity contribution in [1.29, 1.82) is 0 Å². The first kappa shape index (κ1) is 20.2. The molecule has 0 fully saturated rings. The summed E-state index contributed by atoms with van der Waals surface area (Å²) >= 11 is 0. The van der Waals surface area contributed by atoms with Crippen LogP contribution in [0.5, 0.6) is 0 Å². The fourth-order valence-electron chi connectivity index (χ4n) is 2.85. The minimum atomic E-state index is -0.727. The number of halogens is 2. The molecule has 3 aromatic heterocycles. The van der Waals surface area contributed by atoms with Crippen LogP contribution in [-0.2, 0) is 0 Å². The predicted molar refractivity (Wildman–Crippen MR) is 113 cm³/mol. The Morgan fingerprint density at radius 3 is 2.58 bits per heavy atom. The van der Waals surface area contributed by atoms with Gasteiger partial charge < -0.3 is 25.9 Å². The van der Waals surface area contributed by atoms with Crippen molar-refractivity contribution in [3.63, 3.8) is 0 Å². The minimum absolute atomic E-state index is 0.143. The second-order valence-corrected chi connectivity index (χ2v) is 6.41. The SMILES string of the molecule is [O-]Nc1ccc(NCCNc2ncc(-n3ccnc3)c(-c3ccc(F)cc3F)n2)nc1. The standard InChI is InChI=1S/C20H17F2N8O/c21-13-1-3-15(16(22)9-13)19-17(30-8-7-23-12-30)11-27-20(28-19)25-6-5-24-18-4-2-14(29-31)10-26-18/h1-4,7-12,29H,5-6H2,(H,24,26)(H,25,27,28)/q-1. The lowest BCUT2D eigenvalue weighted by Crippen LogP contribution is -2.16. The van der Waals surface area contributed by atoms with Gasteiger partial charge in [-0.15, -0.1) is 0 Å². The quantitative estimate of drug-likeness (QED) is 0.292. The zero-order valence-electron chi connectivity index (χ0n) is 16.1. The Hall–Kier alpha value is -4.12. The van der Waals surface area contributed by atoms with Gasteiger partial charge >= 0.3 is 0 Å². The summed E-state index contributed by atoms with van der Waals surface area (Å²) in [5.74, 6) is -0.513. The summed E-state index contributed by atoms with van der Waals surface area (Å²) in [6.07, 6.45) is 7.77. The third kappa shape index (κ3) is 4.73. The summed E-state index contributed by atoms with van der Waals surface area (Å²) in [5, 5.41) is 16.7. The van der Waals surface area contributed by atoms with Crippen LogP contribution in [0, 0.1) is 16.8 Å². The summed E-state index contributed by atoms with van der Waals surface area (Å²) in [6, 6.07) is 6.61. The number of aromatic nitrogens is 5. The third-order valence-corrected chi connectivity index (χ3v) is 4.33. The summed E-state index contributed by atoms with van der Waals surface area (Å²) in [6.45, 7) is 0.934. The Bertz CT molecular complexity index is 1150. The average molecular weight is 423 g/mol. The molecule has 0 aliphatic rings. The Kier molecular flexibility index (Phi) is 5.94. The van der Waals surface area contributed by atoms with Crippen molar-refractivity contribution < 1.29 is 8.78 Å². The number of rotatable bonds is 8. The van der Waals surface area contributed by atoms with Crippen LogP contribution in [0.3, 0.4) is 0 Å². The molecule has 3 heterocycles. The van der Waals surface area contributed by atoms with Crippen molar-refractivity contribution in [2.75, 3.05) is 29.2 Å². The van der Waals surface area contributed by atoms with Crippen molar-refractivity contribution in [2.24, 2.45) is 0 Å². The fraction of sp³-hybridized carbons (Fsp3) is 0.100. The maximum Gasteiger partial charge on any atom is 0.223 e. The molecular weight excluding hydrogens is 406 g/mol. The molecule has 0 bridgehead atoms. The smallest absolute Gasteiger partial charge is 0.223 e. The van der Waals surface area contributed by atoms with Gasteiger partial charge in [-0.05, 0) is 24.3 Å². The minimum Gasteiger partial charge on any atom is -0.761 e. The van der Waals surface area contributed by atoms with Crippen molar-refractivity contribution in [3.8, 4) is 16.9 Å². The zero-order chi connectivity index (χ0) is 21.6. The van der Waals surface area contributed by atoms with Gasteiger partial charge in [-0.25, -0.2) is 28.7 Å². The molecule has 0 atom stereocenters. The molecule has 0 saturated carbocycles. The van der Waals surface area contributed by atoms with E-state index in [1.165, 1.54) is 18.3 Å². The van der Waals surface area contributed by atoms with Crippen LogP contribution in [0.4, 0.5) is 26.2 Å². The molecule has 0 saturated heterocycles. The van der Waals surface area contributed by atoms with Crippen LogP contribution in [0.25, 0.3) is 16.9 Å². The highest BCUT2D eigenvalue weighted by Gasteiger charge is 2.15. The van der Waals surface area contributed by atoms with Gasteiger partial charge in [0.05, 0.1) is 24.4 Å². The maximum absolute atomic E-state index is 14.5. The van der Waals surface area contributed by atoms with Gasteiger partial charge in [0.2, 0.25) is 5.95 Å². The molecule has 3 N–H and O–H groups in total. The van der Waals surface area contributed by atoms with E-state index >= 15 is 0 Å². The average Bonchev–Trinajstić information content (AvgIpc) is 3.32. The van der Waals surface area contributed by atoms with Gasteiger partial charge in [0.1, 0.15) is 23.1 Å². The molecule has 0 amide bonds. The first-order chi connectivity index (χ1) is 15.1. The molecule has 0 aliphatic carbocycles. The second kappa shape index (κ2) is 9.13. The summed E-state index contributed by atoms with van der Waals surface area (Å²) < 4.78 is 29.5. The van der Waals surface area contributed by atoms with Gasteiger partial charge in [-0.3, -0.25) is 0 Å². The maximum atomic E-state index is 14.5. The molecular formula is C20H17F2N8O-. The third-order valence-electron chi connectivity index (χ3n) is 4.33. The van der Waals surface area contributed by atoms with Crippen molar-refractivity contribution in [2.45, 2.75) is 0 Å². The van der Waals surface area contributed by atoms with Crippen LogP contribution in [0.2, 0.25) is 0 Å². The van der Waals surface area contributed by atoms with Crippen molar-refractivity contribution in [3.05, 3.63) is 78.3 Å². The van der Waals surface area contributed by atoms with Crippen LogP contribution >= 0.6 is 0 Å². The molecule has 4 aromatic rings. The predicted octanol–water partition coefficient (Wildman–Crippen LogP) is 3.44. The normalized spacial score (nSPS) is 10.7. The first-order valence-electron chi connectivity index (χ1n) is 9.27. The lowest BCUT2D eigenvalue weighted by molar-refractivity contribution is 0.585. The van der Waals surface area contributed by atoms with Gasteiger partial charge in [-0.2, -0.15) is 0 Å². The summed E-state index contributed by atoms with van der Waals surface area (Å²) in [4.78, 5) is 16.8. The molecule has 31 heavy (non-hydrogen) atoms. The zero-order valence-corrected chi connectivity index (χ0v) is 16.1. The molecule has 0 aliphatic heterocycles. The monoisotopic (exact) mass is 423 g/mol. The number of nitrogens with zero attached hydrogens (tertiary/aromatic N) is 5. The number of hydrogen-bond donors (Lipinski definition) is 3. The van der Waals surface area contributed by atoms with Gasteiger partial charge in [-0.1, -0.05) is 0 Å². The first-order valence-corrected chi connectivity index (χ1v) is 9.27. The van der Waals surface area contributed by atoms with Crippen molar-refractivity contribution >= 4 is 17.5 Å². The molecule has 9 nitrogen and oxygen atoms in total. The highest BCUT2D eigenvalue weighted by Crippen LogP contribution is 2.28. The van der Waals surface area contributed by atoms with E-state index in [9.17, 15) is 14.0 Å². The van der Waals surface area contributed by atoms with E-state index in [2.05, 4.69) is 30.6 Å². The van der Waals surface area contributed by atoms with E-state index in [4.69, 9.17) is 0 Å². The van der Waals surface area contributed by atoms with E-state index in [-0.39, 0.29) is 11.5 Å². The number of anilines is 3. The summed E-state index contributed by atoms with van der Waals surface area (Å²) in [7, 11) is 0. The summed E-state index contributed by atoms with van der Waals surface area (Å²) in [5.41, 5.74) is 3.07. The Morgan fingerprint density at radius 2 is 1.87 bits per heavy atom. The number of imidazole rings is 1. The molecule has 0 unspecified atom stereocenters. The van der Waals surface area contributed by atoms with E-state index in [1.807, 2.05) is 0 Å². The van der Waals surface area contributed by atoms with E-state index in [0.717, 1.165) is 6.07 Å². The van der Waals surface area contributed by atoms with Crippen molar-refractivity contribution in [1.82, 2.24) is 24.5 Å². The van der Waals surface area contributed by atoms with Crippen LogP contribution < -0.4 is 16.1 Å². The highest BCUT2D eigenvalue weighted by atomic mass is 19.1. The Labute approximate surface area is 175 Å². The van der Waals surface area contributed by atoms with Gasteiger partial charge in [0, 0.05) is 42.8 Å². The Balaban J connectivity index is 1.50. The van der Waals surface area contributed by atoms with Gasteiger partial charge in [0.15, 0.2) is 0 Å². The lowest BCUT2D eigenvalue weighted by Gasteiger charge is -2.13. The van der Waals surface area contributed by atoms with Crippen LogP contribution in [-0.4, -0.2) is 37.6 Å². The topological polar surface area (TPSA) is 116 Å². The van der Waals surface area contributed by atoms with E-state index < -0.39 is 11.6 Å². The van der Waals surface area contributed by atoms with E-state index in [0.29, 0.717) is 36.0 Å². The van der Waals surface area contributed by atoms with Crippen LogP contribution in [0.1, 0.15) is 0 Å². The lowest BCUT2D eigenvalue weighted by atomic mass is 10.1. The van der Waals surface area contributed by atoms with E-state index in [1.54, 1.807) is 47.1 Å². The number of nitrogens with one attached hydrogen (secondary N) is 3. The van der Waals surface area contributed by atoms with Gasteiger partial charge in [0.25, 0.3) is 0 Å². The fourth-order valence-corrected chi connectivity index (χ4v) is 2.85. The number of benzene rings is 1.